The van der Waals surface area contributed by atoms with Crippen molar-refractivity contribution in [3.8, 4) is 11.6 Å². The molecule has 192 valence electrons. The third kappa shape index (κ3) is 4.77. The number of furan rings is 1. The summed E-state index contributed by atoms with van der Waals surface area (Å²) in [5.41, 5.74) is 6.28. The Hall–Kier alpha value is -4.26. The molecule has 0 bridgehead atoms. The van der Waals surface area contributed by atoms with Crippen LogP contribution >= 0.6 is 0 Å². The van der Waals surface area contributed by atoms with Gasteiger partial charge in [-0.15, -0.1) is 5.10 Å². The number of nitrogen functional groups attached to an aromatic ring is 1. The average molecular weight is 505 g/mol. The summed E-state index contributed by atoms with van der Waals surface area (Å²) in [6.45, 7) is 6.13. The fourth-order valence-electron chi connectivity index (χ4n) is 5.08. The van der Waals surface area contributed by atoms with E-state index in [0.717, 1.165) is 64.5 Å². The lowest BCUT2D eigenvalue weighted by atomic mass is 9.97. The number of carboxylic acid groups (broad SMARTS) is 1. The normalized spacial score (nSPS) is 19.0. The maximum Gasteiger partial charge on any atom is 0.354 e. The molecule has 2 aliphatic heterocycles. The molecule has 37 heavy (non-hydrogen) atoms. The summed E-state index contributed by atoms with van der Waals surface area (Å²) in [4.78, 5) is 36.0. The summed E-state index contributed by atoms with van der Waals surface area (Å²) in [7, 11) is 0. The molecule has 6 rings (SSSR count). The molecule has 0 spiro atoms. The van der Waals surface area contributed by atoms with E-state index < -0.39 is 5.97 Å². The van der Waals surface area contributed by atoms with Crippen molar-refractivity contribution in [2.45, 2.75) is 12.8 Å². The molecule has 0 aromatic carbocycles. The van der Waals surface area contributed by atoms with Gasteiger partial charge in [-0.25, -0.2) is 9.78 Å². The van der Waals surface area contributed by atoms with Crippen LogP contribution in [-0.4, -0.2) is 91.3 Å². The predicted molar refractivity (Wildman–Crippen MR) is 135 cm³/mol. The third-order valence-electron chi connectivity index (χ3n) is 6.93. The Kier molecular flexibility index (Phi) is 6.04. The number of piperazine rings is 1. The molecule has 2 saturated heterocycles. The number of hydrogen-bond donors (Lipinski definition) is 2. The van der Waals surface area contributed by atoms with Crippen LogP contribution in [0, 0.1) is 5.92 Å². The van der Waals surface area contributed by atoms with Gasteiger partial charge in [0.25, 0.3) is 5.78 Å². The van der Waals surface area contributed by atoms with Gasteiger partial charge >= 0.3 is 5.97 Å². The molecule has 0 radical (unpaired) electrons. The Morgan fingerprint density at radius 3 is 2.68 bits per heavy atom. The lowest BCUT2D eigenvalue weighted by Gasteiger charge is -2.39. The van der Waals surface area contributed by atoms with Gasteiger partial charge in [0.2, 0.25) is 17.7 Å². The minimum atomic E-state index is -1.01. The third-order valence-corrected chi connectivity index (χ3v) is 6.93. The number of aromatic nitrogens is 6. The van der Waals surface area contributed by atoms with Crippen LogP contribution in [0.4, 0.5) is 17.7 Å². The predicted octanol–water partition coefficient (Wildman–Crippen LogP) is 1.49. The Balaban J connectivity index is 1.09. The molecule has 1 unspecified atom stereocenters. The highest BCUT2D eigenvalue weighted by atomic mass is 16.4. The van der Waals surface area contributed by atoms with Crippen molar-refractivity contribution in [2.75, 3.05) is 61.3 Å². The summed E-state index contributed by atoms with van der Waals surface area (Å²) in [5.74, 6) is 2.37. The van der Waals surface area contributed by atoms with E-state index in [1.165, 1.54) is 10.6 Å². The maximum atomic E-state index is 11.3. The van der Waals surface area contributed by atoms with Crippen LogP contribution in [0.5, 0.6) is 0 Å². The van der Waals surface area contributed by atoms with Crippen molar-refractivity contribution in [1.82, 2.24) is 34.4 Å². The summed E-state index contributed by atoms with van der Waals surface area (Å²) in [6.07, 6.45) is 3.77. The second-order valence-electron chi connectivity index (χ2n) is 9.43. The second-order valence-corrected chi connectivity index (χ2v) is 9.43. The van der Waals surface area contributed by atoms with Gasteiger partial charge in [0.05, 0.1) is 6.26 Å². The molecular weight excluding hydrogens is 476 g/mol. The minimum Gasteiger partial charge on any atom is -0.477 e. The fourth-order valence-corrected chi connectivity index (χ4v) is 5.08. The Labute approximate surface area is 212 Å². The van der Waals surface area contributed by atoms with Gasteiger partial charge in [-0.05, 0) is 43.0 Å². The first-order chi connectivity index (χ1) is 18.0. The zero-order valence-corrected chi connectivity index (χ0v) is 20.3. The first-order valence-corrected chi connectivity index (χ1v) is 12.4. The molecule has 0 amide bonds. The molecule has 2 aliphatic rings. The number of piperidine rings is 1. The summed E-state index contributed by atoms with van der Waals surface area (Å²) < 4.78 is 6.83. The van der Waals surface area contributed by atoms with Crippen molar-refractivity contribution in [2.24, 2.45) is 5.92 Å². The summed E-state index contributed by atoms with van der Waals surface area (Å²) >= 11 is 0. The first kappa shape index (κ1) is 23.2. The number of nitrogens with two attached hydrogens (primary N) is 1. The molecule has 4 aromatic heterocycles. The van der Waals surface area contributed by atoms with Gasteiger partial charge in [0, 0.05) is 45.8 Å². The zero-order chi connectivity index (χ0) is 25.4. The van der Waals surface area contributed by atoms with Gasteiger partial charge in [-0.3, -0.25) is 4.90 Å². The second kappa shape index (κ2) is 9.65. The number of hydrogen-bond acceptors (Lipinski definition) is 11. The van der Waals surface area contributed by atoms with Crippen molar-refractivity contribution in [3.63, 3.8) is 0 Å². The van der Waals surface area contributed by atoms with Crippen LogP contribution in [0.25, 0.3) is 17.4 Å². The summed E-state index contributed by atoms with van der Waals surface area (Å²) in [6, 6.07) is 8.71. The lowest BCUT2D eigenvalue weighted by Crippen LogP contribution is -2.50. The smallest absolute Gasteiger partial charge is 0.354 e. The minimum absolute atomic E-state index is 0.0755. The zero-order valence-electron chi connectivity index (χ0n) is 20.3. The van der Waals surface area contributed by atoms with Gasteiger partial charge in [-0.1, -0.05) is 6.07 Å². The number of carboxylic acids is 1. The molecule has 4 aromatic rings. The van der Waals surface area contributed by atoms with Crippen LogP contribution in [0.3, 0.4) is 0 Å². The SMILES string of the molecule is Nc1nc(N2CCCC(CN3CCN(c4cccc(C(=O)O)n4)CC3)C2)nc2nc(-c3ccco3)nn12. The standard InChI is InChI=1S/C24H28N10O3/c25-22-28-23(29-24-27-20(30-34(22)24)18-6-3-13-37-18)33-8-2-4-16(15-33)14-31-9-11-32(12-10-31)19-7-1-5-17(26-19)21(35)36/h1,3,5-7,13,16H,2,4,8-12,14-15H2,(H,35,36)(H2,25,27,28,29,30). The van der Waals surface area contributed by atoms with E-state index in [1.807, 2.05) is 6.07 Å². The van der Waals surface area contributed by atoms with Crippen molar-refractivity contribution < 1.29 is 14.3 Å². The number of anilines is 3. The van der Waals surface area contributed by atoms with Gasteiger partial charge in [0.1, 0.15) is 5.82 Å². The molecule has 2 fully saturated rings. The quantitative estimate of drug-likeness (QED) is 0.391. The van der Waals surface area contributed by atoms with E-state index >= 15 is 0 Å². The molecule has 6 heterocycles. The molecule has 0 aliphatic carbocycles. The van der Waals surface area contributed by atoms with Crippen LogP contribution in [0.1, 0.15) is 23.3 Å². The molecule has 13 heteroatoms. The van der Waals surface area contributed by atoms with Crippen molar-refractivity contribution in [1.29, 1.82) is 0 Å². The van der Waals surface area contributed by atoms with E-state index in [0.29, 0.717) is 29.2 Å². The average Bonchev–Trinajstić information content (AvgIpc) is 3.60. The molecule has 1 atom stereocenters. The first-order valence-electron chi connectivity index (χ1n) is 12.4. The van der Waals surface area contributed by atoms with Gasteiger partial charge in [0.15, 0.2) is 11.5 Å². The number of nitrogens with zero attached hydrogens (tertiary/aromatic N) is 9. The number of pyridine rings is 1. The Morgan fingerprint density at radius 1 is 1.03 bits per heavy atom. The highest BCUT2D eigenvalue weighted by Crippen LogP contribution is 2.24. The maximum absolute atomic E-state index is 11.3. The van der Waals surface area contributed by atoms with E-state index in [9.17, 15) is 9.90 Å². The topological polar surface area (TPSA) is 155 Å². The van der Waals surface area contributed by atoms with Crippen LogP contribution in [0.15, 0.2) is 41.0 Å². The van der Waals surface area contributed by atoms with E-state index in [-0.39, 0.29) is 11.6 Å². The highest BCUT2D eigenvalue weighted by molar-refractivity contribution is 5.85. The largest absolute Gasteiger partial charge is 0.477 e. The number of carbonyl (C=O) groups is 1. The van der Waals surface area contributed by atoms with Crippen LogP contribution in [0.2, 0.25) is 0 Å². The van der Waals surface area contributed by atoms with Crippen LogP contribution < -0.4 is 15.5 Å². The van der Waals surface area contributed by atoms with Gasteiger partial charge in [-0.2, -0.15) is 19.5 Å². The van der Waals surface area contributed by atoms with Crippen molar-refractivity contribution in [3.05, 3.63) is 42.3 Å². The number of aromatic carboxylic acids is 1. The van der Waals surface area contributed by atoms with E-state index in [4.69, 9.17) is 10.2 Å². The highest BCUT2D eigenvalue weighted by Gasteiger charge is 2.27. The molecule has 3 N–H and O–H groups in total. The summed E-state index contributed by atoms with van der Waals surface area (Å²) in [5, 5.41) is 13.6. The van der Waals surface area contributed by atoms with Crippen molar-refractivity contribution >= 4 is 29.5 Å². The molecule has 13 nitrogen and oxygen atoms in total. The lowest BCUT2D eigenvalue weighted by molar-refractivity contribution is 0.0690. The molecular formula is C24H28N10O3. The van der Waals surface area contributed by atoms with Crippen LogP contribution in [-0.2, 0) is 0 Å². The van der Waals surface area contributed by atoms with Gasteiger partial charge < -0.3 is 25.1 Å². The monoisotopic (exact) mass is 504 g/mol. The number of rotatable bonds is 6. The van der Waals surface area contributed by atoms with E-state index in [2.05, 4.69) is 39.7 Å². The number of fused-ring (bicyclic) bond motifs is 1. The Morgan fingerprint density at radius 2 is 1.89 bits per heavy atom. The Bertz CT molecular complexity index is 1400. The fraction of sp³-hybridized carbons (Fsp3) is 0.417. The van der Waals surface area contributed by atoms with E-state index in [1.54, 1.807) is 24.5 Å². The molecule has 0 saturated carbocycles.